The van der Waals surface area contributed by atoms with Gasteiger partial charge in [-0.1, -0.05) is 0 Å². The molecule has 4 aromatic rings. The number of nitrogens with one attached hydrogen (secondary N) is 1. The minimum atomic E-state index is -3.52. The second-order valence-corrected chi connectivity index (χ2v) is 12.7. The maximum atomic E-state index is 13.2. The molecular formula is C26H28F2N8O4S. The summed E-state index contributed by atoms with van der Waals surface area (Å²) in [7, 11) is -3.52. The van der Waals surface area contributed by atoms with Gasteiger partial charge in [-0.15, -0.1) is 0 Å². The molecule has 0 amide bonds. The number of hydrogen-bond donors (Lipinski definition) is 2. The van der Waals surface area contributed by atoms with Crippen LogP contribution in [0.4, 0.5) is 20.4 Å². The Labute approximate surface area is 234 Å². The van der Waals surface area contributed by atoms with Gasteiger partial charge in [0.1, 0.15) is 17.4 Å². The Morgan fingerprint density at radius 3 is 2.51 bits per heavy atom. The zero-order valence-corrected chi connectivity index (χ0v) is 22.9. The van der Waals surface area contributed by atoms with Crippen LogP contribution in [0.3, 0.4) is 0 Å². The summed E-state index contributed by atoms with van der Waals surface area (Å²) in [5, 5.41) is 20.8. The van der Waals surface area contributed by atoms with Gasteiger partial charge in [0, 0.05) is 35.8 Å². The Kier molecular flexibility index (Phi) is 6.93. The number of nitrogens with zero attached hydrogens (tertiary/aromatic N) is 7. The number of pyridine rings is 1. The lowest BCUT2D eigenvalue weighted by molar-refractivity contribution is -0.0107. The highest BCUT2D eigenvalue weighted by atomic mass is 32.2. The molecule has 41 heavy (non-hydrogen) atoms. The van der Waals surface area contributed by atoms with Crippen molar-refractivity contribution in [2.45, 2.75) is 69.0 Å². The van der Waals surface area contributed by atoms with Crippen molar-refractivity contribution in [3.63, 3.8) is 0 Å². The fraction of sp³-hybridized carbons (Fsp3) is 0.423. The van der Waals surface area contributed by atoms with Crippen LogP contribution in [0.15, 0.2) is 49.3 Å². The molecule has 2 aliphatic rings. The predicted octanol–water partition coefficient (Wildman–Crippen LogP) is 4.15. The van der Waals surface area contributed by atoms with Crippen molar-refractivity contribution in [1.82, 2.24) is 33.9 Å². The van der Waals surface area contributed by atoms with E-state index in [4.69, 9.17) is 4.74 Å². The number of rotatable bonds is 9. The SMILES string of the molecule is CC1(O)CCC(Oc2cc(Nc3ccnc(-c4cnn(S(=O)(=O)C5CC5)c4)n3)ncc2-c2cnn(C(F)F)c2)CC1. The summed E-state index contributed by atoms with van der Waals surface area (Å²) in [6.45, 7) is -0.982. The fourth-order valence-electron chi connectivity index (χ4n) is 4.69. The van der Waals surface area contributed by atoms with Gasteiger partial charge in [0.15, 0.2) is 5.82 Å². The summed E-state index contributed by atoms with van der Waals surface area (Å²) in [5.41, 5.74) is 0.613. The standard InChI is InChI=1S/C26H28F2N8O4S/c1-26(37)7-4-18(5-8-26)40-21-10-23(30-13-20(21)16-11-31-35(14-16)25(27)28)33-22-6-9-29-24(34-22)17-12-32-36(15-17)41(38,39)19-2-3-19/h6,9-15,18-19,25,37H,2-5,7-8H2,1H3,(H,29,30,33,34). The van der Waals surface area contributed by atoms with E-state index < -0.39 is 27.4 Å². The Bertz CT molecular complexity index is 1660. The second kappa shape index (κ2) is 10.4. The van der Waals surface area contributed by atoms with Crippen LogP contribution in [0.5, 0.6) is 5.75 Å². The van der Waals surface area contributed by atoms with Crippen LogP contribution in [-0.4, -0.2) is 64.4 Å². The third kappa shape index (κ3) is 5.91. The van der Waals surface area contributed by atoms with E-state index in [0.717, 1.165) is 4.09 Å². The highest BCUT2D eigenvalue weighted by Gasteiger charge is 2.37. The quantitative estimate of drug-likeness (QED) is 0.293. The third-order valence-electron chi connectivity index (χ3n) is 7.22. The molecule has 0 unspecified atom stereocenters. The summed E-state index contributed by atoms with van der Waals surface area (Å²) >= 11 is 0. The monoisotopic (exact) mass is 586 g/mol. The average Bonchev–Trinajstić information content (AvgIpc) is 3.48. The van der Waals surface area contributed by atoms with Gasteiger partial charge in [-0.25, -0.2) is 28.1 Å². The van der Waals surface area contributed by atoms with Crippen molar-refractivity contribution in [2.75, 3.05) is 5.32 Å². The zero-order valence-electron chi connectivity index (χ0n) is 22.1. The van der Waals surface area contributed by atoms with Crippen molar-refractivity contribution < 1.29 is 27.0 Å². The van der Waals surface area contributed by atoms with E-state index in [1.807, 2.05) is 0 Å². The summed E-state index contributed by atoms with van der Waals surface area (Å²) in [6.07, 6.45) is 11.9. The minimum absolute atomic E-state index is 0.177. The lowest BCUT2D eigenvalue weighted by atomic mass is 9.85. The fourth-order valence-corrected chi connectivity index (χ4v) is 6.17. The van der Waals surface area contributed by atoms with Crippen molar-refractivity contribution in [1.29, 1.82) is 0 Å². The van der Waals surface area contributed by atoms with Gasteiger partial charge in [-0.3, -0.25) is 0 Å². The zero-order chi connectivity index (χ0) is 28.8. The van der Waals surface area contributed by atoms with Crippen LogP contribution < -0.4 is 10.1 Å². The molecule has 4 heterocycles. The van der Waals surface area contributed by atoms with E-state index in [1.54, 1.807) is 19.1 Å². The number of halogens is 2. The molecule has 2 fully saturated rings. The van der Waals surface area contributed by atoms with E-state index in [9.17, 15) is 22.3 Å². The first kappa shape index (κ1) is 27.2. The third-order valence-corrected chi connectivity index (χ3v) is 9.25. The maximum absolute atomic E-state index is 13.2. The molecule has 0 bridgehead atoms. The van der Waals surface area contributed by atoms with Crippen molar-refractivity contribution in [2.24, 2.45) is 0 Å². The summed E-state index contributed by atoms with van der Waals surface area (Å²) < 4.78 is 59.2. The van der Waals surface area contributed by atoms with Crippen LogP contribution in [0.2, 0.25) is 0 Å². The Balaban J connectivity index is 1.26. The molecule has 0 atom stereocenters. The molecule has 0 aliphatic heterocycles. The average molecular weight is 587 g/mol. The molecule has 0 radical (unpaired) electrons. The molecule has 216 valence electrons. The maximum Gasteiger partial charge on any atom is 0.333 e. The molecule has 4 aromatic heterocycles. The molecular weight excluding hydrogens is 558 g/mol. The summed E-state index contributed by atoms with van der Waals surface area (Å²) in [4.78, 5) is 13.2. The first-order valence-electron chi connectivity index (χ1n) is 13.2. The Morgan fingerprint density at radius 1 is 1.05 bits per heavy atom. The lowest BCUT2D eigenvalue weighted by Gasteiger charge is -2.33. The predicted molar refractivity (Wildman–Crippen MR) is 144 cm³/mol. The van der Waals surface area contributed by atoms with E-state index in [-0.39, 0.29) is 11.9 Å². The summed E-state index contributed by atoms with van der Waals surface area (Å²) in [6, 6.07) is 3.28. The lowest BCUT2D eigenvalue weighted by Crippen LogP contribution is -2.34. The largest absolute Gasteiger partial charge is 0.490 e. The molecule has 2 aliphatic carbocycles. The molecule has 0 spiro atoms. The minimum Gasteiger partial charge on any atom is -0.490 e. The van der Waals surface area contributed by atoms with Gasteiger partial charge < -0.3 is 15.2 Å². The topological polar surface area (TPSA) is 150 Å². The number of aliphatic hydroxyl groups is 1. The first-order chi connectivity index (χ1) is 19.6. The Hall–Kier alpha value is -3.98. The van der Waals surface area contributed by atoms with E-state index in [0.29, 0.717) is 77.3 Å². The number of alkyl halides is 2. The van der Waals surface area contributed by atoms with Crippen molar-refractivity contribution in [3.05, 3.63) is 49.3 Å². The highest BCUT2D eigenvalue weighted by Crippen LogP contribution is 2.37. The van der Waals surface area contributed by atoms with Gasteiger partial charge in [-0.2, -0.15) is 23.1 Å². The van der Waals surface area contributed by atoms with Gasteiger partial charge in [0.05, 0.1) is 41.1 Å². The van der Waals surface area contributed by atoms with Gasteiger partial charge >= 0.3 is 6.55 Å². The van der Waals surface area contributed by atoms with Crippen molar-refractivity contribution in [3.8, 4) is 28.3 Å². The van der Waals surface area contributed by atoms with Gasteiger partial charge in [-0.05, 0) is 51.5 Å². The number of ether oxygens (including phenoxy) is 1. The van der Waals surface area contributed by atoms with Crippen molar-refractivity contribution >= 4 is 21.7 Å². The summed E-state index contributed by atoms with van der Waals surface area (Å²) in [5.74, 6) is 1.46. The first-order valence-corrected chi connectivity index (χ1v) is 14.7. The molecule has 2 saturated carbocycles. The molecule has 2 N–H and O–H groups in total. The van der Waals surface area contributed by atoms with E-state index in [2.05, 4.69) is 30.5 Å². The van der Waals surface area contributed by atoms with Crippen LogP contribution in [-0.2, 0) is 10.0 Å². The van der Waals surface area contributed by atoms with Crippen LogP contribution in [0.25, 0.3) is 22.5 Å². The van der Waals surface area contributed by atoms with Gasteiger partial charge in [0.2, 0.25) is 0 Å². The molecule has 0 saturated heterocycles. The molecule has 6 rings (SSSR count). The smallest absolute Gasteiger partial charge is 0.333 e. The molecule has 15 heteroatoms. The number of anilines is 2. The van der Waals surface area contributed by atoms with Crippen LogP contribution >= 0.6 is 0 Å². The van der Waals surface area contributed by atoms with E-state index >= 15 is 0 Å². The normalized spacial score (nSPS) is 21.2. The Morgan fingerprint density at radius 2 is 1.80 bits per heavy atom. The molecule has 12 nitrogen and oxygen atoms in total. The van der Waals surface area contributed by atoms with Gasteiger partial charge in [0.25, 0.3) is 10.0 Å². The second-order valence-electron chi connectivity index (χ2n) is 10.6. The van der Waals surface area contributed by atoms with E-state index in [1.165, 1.54) is 37.2 Å². The number of aromatic nitrogens is 7. The molecule has 0 aromatic carbocycles. The number of hydrogen-bond acceptors (Lipinski definition) is 10. The van der Waals surface area contributed by atoms with Crippen LogP contribution in [0.1, 0.15) is 52.0 Å². The highest BCUT2D eigenvalue weighted by molar-refractivity contribution is 7.90. The van der Waals surface area contributed by atoms with Crippen LogP contribution in [0, 0.1) is 0 Å².